The number of halogens is 3. The molecule has 0 bridgehead atoms. The predicted octanol–water partition coefficient (Wildman–Crippen LogP) is 10.7. The van der Waals surface area contributed by atoms with Crippen molar-refractivity contribution in [3.8, 4) is 17.2 Å². The van der Waals surface area contributed by atoms with E-state index >= 15 is 0 Å². The third kappa shape index (κ3) is 16.4. The van der Waals surface area contributed by atoms with E-state index in [1.165, 1.54) is 60.0 Å². The van der Waals surface area contributed by atoms with E-state index < -0.39 is 11.2 Å². The van der Waals surface area contributed by atoms with E-state index in [9.17, 15) is 28.6 Å². The Balaban J connectivity index is 0.000000191. The number of H-pyrrole nitrogens is 1. The standard InChI is InChI=1S/C24H21FN2O3.C12H12BrNO.C12H10FNO2.C5H13N/c1-24(2,29)22-10-5-17-13-19(8-9-21(17)26-22)27-12-11-20(14-23(27)28)30-15-16-3-6-18(25)7-4-16;1-12(2,15)11-6-3-8-7-9(13)4-5-10(8)14-11;13-10-3-1-9(2-4-10)8-16-11-5-6-14-12(15)7-11;1-3-4-5-6-2/h3-14,29H,15H2,1-2H3;3-7,15H,1-2H3;1-7H,8H2,(H,14,15);6H,3-5H2,1-2H3. The van der Waals surface area contributed by atoms with Crippen molar-refractivity contribution in [1.29, 1.82) is 0 Å². The molecule has 14 heteroatoms. The average Bonchev–Trinajstić information content (AvgIpc) is 3.30. The van der Waals surface area contributed by atoms with Crippen LogP contribution < -0.4 is 25.9 Å². The molecule has 0 aliphatic carbocycles. The van der Waals surface area contributed by atoms with E-state index in [1.54, 1.807) is 76.4 Å². The van der Waals surface area contributed by atoms with Crippen molar-refractivity contribution in [2.24, 2.45) is 0 Å². The van der Waals surface area contributed by atoms with Crippen molar-refractivity contribution in [3.63, 3.8) is 0 Å². The molecule has 0 atom stereocenters. The number of aliphatic hydroxyl groups is 2. The number of nitrogens with zero attached hydrogens (tertiary/aromatic N) is 3. The zero-order chi connectivity index (χ0) is 48.6. The van der Waals surface area contributed by atoms with Gasteiger partial charge in [0.1, 0.15) is 47.5 Å². The van der Waals surface area contributed by atoms with E-state index in [0.717, 1.165) is 44.0 Å². The smallest absolute Gasteiger partial charge is 0.258 e. The van der Waals surface area contributed by atoms with Crippen LogP contribution in [0.25, 0.3) is 27.5 Å². The molecule has 0 saturated heterocycles. The minimum absolute atomic E-state index is 0.211. The molecular formula is C53H56BrF2N5O6. The number of aromatic nitrogens is 4. The summed E-state index contributed by atoms with van der Waals surface area (Å²) in [7, 11) is 1.98. The second-order valence-corrected chi connectivity index (χ2v) is 17.4. The zero-order valence-electron chi connectivity index (χ0n) is 38.4. The highest BCUT2D eigenvalue weighted by molar-refractivity contribution is 9.10. The molecule has 0 aliphatic rings. The van der Waals surface area contributed by atoms with Gasteiger partial charge in [0.25, 0.3) is 11.1 Å². The minimum Gasteiger partial charge on any atom is -0.489 e. The largest absolute Gasteiger partial charge is 0.489 e. The van der Waals surface area contributed by atoms with Gasteiger partial charge >= 0.3 is 0 Å². The fourth-order valence-electron chi connectivity index (χ4n) is 6.17. The summed E-state index contributed by atoms with van der Waals surface area (Å²) >= 11 is 3.41. The molecule has 0 fully saturated rings. The molecule has 350 valence electrons. The molecule has 4 aromatic carbocycles. The van der Waals surface area contributed by atoms with Gasteiger partial charge < -0.3 is 30.0 Å². The van der Waals surface area contributed by atoms with Crippen molar-refractivity contribution in [3.05, 3.63) is 205 Å². The quantitative estimate of drug-likeness (QED) is 0.0877. The number of rotatable bonds is 12. The van der Waals surface area contributed by atoms with Gasteiger partial charge in [-0.25, -0.2) is 18.7 Å². The van der Waals surface area contributed by atoms with E-state index in [0.29, 0.717) is 35.2 Å². The van der Waals surface area contributed by atoms with E-state index in [4.69, 9.17) is 9.47 Å². The molecule has 67 heavy (non-hydrogen) atoms. The number of nitrogens with one attached hydrogen (secondary N) is 2. The van der Waals surface area contributed by atoms with Crippen molar-refractivity contribution in [2.75, 3.05) is 13.6 Å². The molecule has 4 aromatic heterocycles. The second-order valence-electron chi connectivity index (χ2n) is 16.5. The van der Waals surface area contributed by atoms with Crippen LogP contribution in [-0.2, 0) is 24.4 Å². The number of fused-ring (bicyclic) bond motifs is 2. The number of hydrogen-bond donors (Lipinski definition) is 4. The highest BCUT2D eigenvalue weighted by Gasteiger charge is 2.19. The number of benzene rings is 4. The Kier molecular flexibility index (Phi) is 18.6. The average molecular weight is 977 g/mol. The molecule has 0 unspecified atom stereocenters. The molecule has 0 saturated carbocycles. The van der Waals surface area contributed by atoms with Crippen LogP contribution in [0.5, 0.6) is 11.5 Å². The number of ether oxygens (including phenoxy) is 2. The van der Waals surface area contributed by atoms with Gasteiger partial charge in [-0.3, -0.25) is 14.2 Å². The van der Waals surface area contributed by atoms with E-state index in [-0.39, 0.29) is 29.4 Å². The van der Waals surface area contributed by atoms with Gasteiger partial charge in [-0.05, 0) is 144 Å². The van der Waals surface area contributed by atoms with Gasteiger partial charge in [0.2, 0.25) is 0 Å². The van der Waals surface area contributed by atoms with Crippen LogP contribution in [0.15, 0.2) is 160 Å². The fourth-order valence-corrected chi connectivity index (χ4v) is 6.55. The summed E-state index contributed by atoms with van der Waals surface area (Å²) in [4.78, 5) is 35.0. The maximum absolute atomic E-state index is 13.0. The Hall–Kier alpha value is -6.58. The van der Waals surface area contributed by atoms with Crippen LogP contribution in [0.2, 0.25) is 0 Å². The maximum Gasteiger partial charge on any atom is 0.258 e. The van der Waals surface area contributed by atoms with Crippen LogP contribution in [-0.4, -0.2) is 43.3 Å². The molecule has 0 amide bonds. The van der Waals surface area contributed by atoms with E-state index in [2.05, 4.69) is 43.1 Å². The molecular weight excluding hydrogens is 921 g/mol. The lowest BCUT2D eigenvalue weighted by molar-refractivity contribution is 0.0737. The number of hydrogen-bond acceptors (Lipinski definition) is 9. The van der Waals surface area contributed by atoms with Gasteiger partial charge in [-0.15, -0.1) is 0 Å². The van der Waals surface area contributed by atoms with Crippen molar-refractivity contribution in [1.82, 2.24) is 24.8 Å². The highest BCUT2D eigenvalue weighted by Crippen LogP contribution is 2.25. The van der Waals surface area contributed by atoms with Crippen LogP contribution in [0.1, 0.15) is 70.0 Å². The van der Waals surface area contributed by atoms with Crippen molar-refractivity contribution in [2.45, 2.75) is 71.9 Å². The van der Waals surface area contributed by atoms with Gasteiger partial charge in [0, 0.05) is 45.5 Å². The Bertz CT molecular complexity index is 2950. The molecule has 0 aliphatic heterocycles. The molecule has 8 rings (SSSR count). The molecule has 8 aromatic rings. The second kappa shape index (κ2) is 24.3. The van der Waals surface area contributed by atoms with Crippen LogP contribution in [0.3, 0.4) is 0 Å². The lowest BCUT2D eigenvalue weighted by atomic mass is 10.0. The first-order valence-corrected chi connectivity index (χ1v) is 22.4. The Morgan fingerprint density at radius 3 is 1.67 bits per heavy atom. The monoisotopic (exact) mass is 975 g/mol. The summed E-state index contributed by atoms with van der Waals surface area (Å²) in [6.45, 7) is 10.8. The molecule has 4 N–H and O–H groups in total. The molecule has 11 nitrogen and oxygen atoms in total. The minimum atomic E-state index is -1.02. The van der Waals surface area contributed by atoms with Crippen LogP contribution in [0, 0.1) is 11.6 Å². The molecule has 0 spiro atoms. The Morgan fingerprint density at radius 2 is 1.19 bits per heavy atom. The Morgan fingerprint density at radius 1 is 0.672 bits per heavy atom. The highest BCUT2D eigenvalue weighted by atomic mass is 79.9. The summed E-state index contributed by atoms with van der Waals surface area (Å²) < 4.78 is 39.2. The molecule has 4 heterocycles. The third-order valence-electron chi connectivity index (χ3n) is 9.91. The summed E-state index contributed by atoms with van der Waals surface area (Å²) in [5.74, 6) is 0.356. The summed E-state index contributed by atoms with van der Waals surface area (Å²) in [6, 6.07) is 37.1. The number of unbranched alkanes of at least 4 members (excludes halogenated alkanes) is 1. The maximum atomic E-state index is 13.0. The summed E-state index contributed by atoms with van der Waals surface area (Å²) in [5, 5.41) is 25.0. The summed E-state index contributed by atoms with van der Waals surface area (Å²) in [5.41, 5.74) is 2.94. The first kappa shape index (κ1) is 51.4. The SMILES string of the molecule is CC(C)(O)c1ccc2cc(-n3ccc(OCc4ccc(F)cc4)cc3=O)ccc2n1.CC(C)(O)c1ccc2cc(Br)ccc2n1.CCCCNC.O=c1cc(OCc2ccc(F)cc2)cc[nH]1. The van der Waals surface area contributed by atoms with Crippen molar-refractivity contribution >= 4 is 37.7 Å². The normalized spacial score (nSPS) is 11.1. The van der Waals surface area contributed by atoms with Crippen LogP contribution in [0.4, 0.5) is 8.78 Å². The number of pyridine rings is 4. The predicted molar refractivity (Wildman–Crippen MR) is 265 cm³/mol. The first-order chi connectivity index (χ1) is 31.9. The van der Waals surface area contributed by atoms with Gasteiger partial charge in [-0.2, -0.15) is 0 Å². The van der Waals surface area contributed by atoms with Crippen molar-refractivity contribution < 1.29 is 28.5 Å². The summed E-state index contributed by atoms with van der Waals surface area (Å²) in [6.07, 6.45) is 5.77. The van der Waals surface area contributed by atoms with E-state index in [1.807, 2.05) is 61.6 Å². The number of aromatic amines is 1. The zero-order valence-corrected chi connectivity index (χ0v) is 40.0. The lowest BCUT2D eigenvalue weighted by Crippen LogP contribution is -2.18. The first-order valence-electron chi connectivity index (χ1n) is 21.7. The third-order valence-corrected chi connectivity index (χ3v) is 10.4. The fraction of sp³-hybridized carbons (Fsp3) is 0.245. The van der Waals surface area contributed by atoms with Gasteiger partial charge in [0.05, 0.1) is 22.4 Å². The lowest BCUT2D eigenvalue weighted by Gasteiger charge is -2.17. The van der Waals surface area contributed by atoms with Gasteiger partial charge in [0.15, 0.2) is 0 Å². The Labute approximate surface area is 397 Å². The van der Waals surface area contributed by atoms with Gasteiger partial charge in [-0.1, -0.05) is 65.7 Å². The van der Waals surface area contributed by atoms with Crippen LogP contribution >= 0.6 is 15.9 Å². The molecule has 0 radical (unpaired) electrons. The topological polar surface area (TPSA) is 152 Å².